The van der Waals surface area contributed by atoms with Gasteiger partial charge in [-0.25, -0.2) is 5.90 Å². The van der Waals surface area contributed by atoms with Crippen LogP contribution < -0.4 is 15.4 Å². The summed E-state index contributed by atoms with van der Waals surface area (Å²) in [5.74, 6) is 5.91. The average molecular weight is 225 g/mol. The van der Waals surface area contributed by atoms with Crippen LogP contribution in [0.3, 0.4) is 0 Å². The van der Waals surface area contributed by atoms with Gasteiger partial charge in [0.25, 0.3) is 0 Å². The smallest absolute Gasteiger partial charge is 0.171 e. The molecule has 0 spiro atoms. The number of methoxy groups -OCH3 is 2. The van der Waals surface area contributed by atoms with Gasteiger partial charge in [0.2, 0.25) is 0 Å². The quantitative estimate of drug-likeness (QED) is 0.576. The highest BCUT2D eigenvalue weighted by Gasteiger charge is 2.11. The van der Waals surface area contributed by atoms with Gasteiger partial charge in [0.15, 0.2) is 17.8 Å². The highest BCUT2D eigenvalue weighted by molar-refractivity contribution is 5.81. The second kappa shape index (κ2) is 6.09. The van der Waals surface area contributed by atoms with Crippen LogP contribution in [0.2, 0.25) is 0 Å². The molecule has 88 valence electrons. The van der Waals surface area contributed by atoms with Crippen molar-refractivity contribution in [2.24, 2.45) is 5.90 Å². The standard InChI is InChI=1S/C11H15NO4/c1-14-10-6-8(3-4-16-12)5-9(7-13)11(10)15-2/h5-7H,3-4,12H2,1-2H3. The molecule has 0 aliphatic rings. The summed E-state index contributed by atoms with van der Waals surface area (Å²) < 4.78 is 10.2. The van der Waals surface area contributed by atoms with E-state index in [1.165, 1.54) is 14.2 Å². The zero-order valence-electron chi connectivity index (χ0n) is 9.36. The van der Waals surface area contributed by atoms with Gasteiger partial charge in [-0.15, -0.1) is 0 Å². The molecule has 5 nitrogen and oxygen atoms in total. The number of carbonyl (C=O) groups is 1. The Kier molecular flexibility index (Phi) is 4.75. The van der Waals surface area contributed by atoms with Crippen molar-refractivity contribution in [2.45, 2.75) is 6.42 Å². The van der Waals surface area contributed by atoms with Crippen LogP contribution in [-0.2, 0) is 11.3 Å². The van der Waals surface area contributed by atoms with Crippen molar-refractivity contribution in [1.29, 1.82) is 0 Å². The number of aldehydes is 1. The van der Waals surface area contributed by atoms with E-state index in [2.05, 4.69) is 4.84 Å². The SMILES string of the molecule is COc1cc(CCON)cc(C=O)c1OC. The maximum atomic E-state index is 10.9. The maximum Gasteiger partial charge on any atom is 0.171 e. The number of hydrogen-bond acceptors (Lipinski definition) is 5. The highest BCUT2D eigenvalue weighted by Crippen LogP contribution is 2.31. The fraction of sp³-hybridized carbons (Fsp3) is 0.364. The molecular weight excluding hydrogens is 210 g/mol. The second-order valence-electron chi connectivity index (χ2n) is 3.16. The third kappa shape index (κ3) is 2.71. The lowest BCUT2D eigenvalue weighted by Crippen LogP contribution is -2.05. The van der Waals surface area contributed by atoms with Crippen LogP contribution >= 0.6 is 0 Å². The normalized spacial score (nSPS) is 9.94. The van der Waals surface area contributed by atoms with Gasteiger partial charge in [0.05, 0.1) is 26.4 Å². The second-order valence-corrected chi connectivity index (χ2v) is 3.16. The van der Waals surface area contributed by atoms with Gasteiger partial charge < -0.3 is 14.3 Å². The molecule has 0 radical (unpaired) electrons. The number of rotatable bonds is 6. The number of carbonyl (C=O) groups excluding carboxylic acids is 1. The van der Waals surface area contributed by atoms with E-state index >= 15 is 0 Å². The fourth-order valence-corrected chi connectivity index (χ4v) is 1.46. The summed E-state index contributed by atoms with van der Waals surface area (Å²) in [7, 11) is 3.02. The molecule has 0 atom stereocenters. The molecule has 0 unspecified atom stereocenters. The predicted molar refractivity (Wildman–Crippen MR) is 58.8 cm³/mol. The zero-order chi connectivity index (χ0) is 12.0. The summed E-state index contributed by atoms with van der Waals surface area (Å²) in [4.78, 5) is 15.4. The first-order chi connectivity index (χ1) is 7.76. The van der Waals surface area contributed by atoms with Crippen LogP contribution in [0.4, 0.5) is 0 Å². The lowest BCUT2D eigenvalue weighted by Gasteiger charge is -2.11. The lowest BCUT2D eigenvalue weighted by molar-refractivity contribution is 0.111. The molecule has 0 aliphatic carbocycles. The predicted octanol–water partition coefficient (Wildman–Crippen LogP) is 0.949. The average Bonchev–Trinajstić information content (AvgIpc) is 2.34. The van der Waals surface area contributed by atoms with E-state index in [-0.39, 0.29) is 0 Å². The molecule has 1 aromatic rings. The Bertz CT molecular complexity index is 365. The van der Waals surface area contributed by atoms with Crippen molar-refractivity contribution in [1.82, 2.24) is 0 Å². The maximum absolute atomic E-state index is 10.9. The van der Waals surface area contributed by atoms with Crippen LogP contribution in [-0.4, -0.2) is 27.1 Å². The molecule has 0 aromatic heterocycles. The topological polar surface area (TPSA) is 70.8 Å². The van der Waals surface area contributed by atoms with E-state index in [0.717, 1.165) is 11.8 Å². The molecule has 0 saturated carbocycles. The van der Waals surface area contributed by atoms with Crippen molar-refractivity contribution >= 4 is 6.29 Å². The van der Waals surface area contributed by atoms with Gasteiger partial charge in [0.1, 0.15) is 0 Å². The van der Waals surface area contributed by atoms with Gasteiger partial charge in [-0.2, -0.15) is 0 Å². The van der Waals surface area contributed by atoms with E-state index in [1.807, 2.05) is 0 Å². The van der Waals surface area contributed by atoms with Crippen molar-refractivity contribution in [3.63, 3.8) is 0 Å². The van der Waals surface area contributed by atoms with Gasteiger partial charge in [-0.3, -0.25) is 4.79 Å². The Morgan fingerprint density at radius 2 is 2.06 bits per heavy atom. The van der Waals surface area contributed by atoms with Crippen molar-refractivity contribution < 1.29 is 19.1 Å². The Labute approximate surface area is 94.1 Å². The largest absolute Gasteiger partial charge is 0.493 e. The van der Waals surface area contributed by atoms with Crippen molar-refractivity contribution in [2.75, 3.05) is 20.8 Å². The Balaban J connectivity index is 3.10. The summed E-state index contributed by atoms with van der Waals surface area (Å²) in [5, 5.41) is 0. The highest BCUT2D eigenvalue weighted by atomic mass is 16.6. The molecule has 0 bridgehead atoms. The van der Waals surface area contributed by atoms with Crippen LogP contribution in [0.1, 0.15) is 15.9 Å². The van der Waals surface area contributed by atoms with E-state index in [0.29, 0.717) is 30.1 Å². The van der Waals surface area contributed by atoms with Crippen molar-refractivity contribution in [3.8, 4) is 11.5 Å². The third-order valence-corrected chi connectivity index (χ3v) is 2.20. The molecule has 0 fully saturated rings. The van der Waals surface area contributed by atoms with Gasteiger partial charge >= 0.3 is 0 Å². The first kappa shape index (κ1) is 12.5. The van der Waals surface area contributed by atoms with Crippen LogP contribution in [0.25, 0.3) is 0 Å². The molecular formula is C11H15NO4. The first-order valence-electron chi connectivity index (χ1n) is 4.78. The Hall–Kier alpha value is -1.59. The number of nitrogens with two attached hydrogens (primary N) is 1. The summed E-state index contributed by atoms with van der Waals surface area (Å²) >= 11 is 0. The number of ether oxygens (including phenoxy) is 2. The minimum Gasteiger partial charge on any atom is -0.493 e. The molecule has 0 saturated heterocycles. The molecule has 0 aliphatic heterocycles. The van der Waals surface area contributed by atoms with Crippen LogP contribution in [0, 0.1) is 0 Å². The van der Waals surface area contributed by atoms with E-state index in [9.17, 15) is 4.79 Å². The molecule has 16 heavy (non-hydrogen) atoms. The van der Waals surface area contributed by atoms with Gasteiger partial charge in [0, 0.05) is 0 Å². The van der Waals surface area contributed by atoms with E-state index in [1.54, 1.807) is 12.1 Å². The number of benzene rings is 1. The van der Waals surface area contributed by atoms with E-state index < -0.39 is 0 Å². The van der Waals surface area contributed by atoms with Crippen LogP contribution in [0.15, 0.2) is 12.1 Å². The summed E-state index contributed by atoms with van der Waals surface area (Å²) in [5.41, 5.74) is 1.36. The van der Waals surface area contributed by atoms with Gasteiger partial charge in [-0.1, -0.05) is 0 Å². The third-order valence-electron chi connectivity index (χ3n) is 2.20. The number of hydrogen-bond donors (Lipinski definition) is 1. The molecule has 1 rings (SSSR count). The zero-order valence-corrected chi connectivity index (χ0v) is 9.36. The minimum absolute atomic E-state index is 0.383. The summed E-state index contributed by atoms with van der Waals surface area (Å²) in [6, 6.07) is 3.53. The Morgan fingerprint density at radius 3 is 2.56 bits per heavy atom. The van der Waals surface area contributed by atoms with Crippen molar-refractivity contribution in [3.05, 3.63) is 23.3 Å². The van der Waals surface area contributed by atoms with Gasteiger partial charge in [-0.05, 0) is 24.1 Å². The lowest BCUT2D eigenvalue weighted by atomic mass is 10.1. The van der Waals surface area contributed by atoms with Crippen LogP contribution in [0.5, 0.6) is 11.5 Å². The molecule has 1 aromatic carbocycles. The molecule has 5 heteroatoms. The molecule has 0 heterocycles. The molecule has 2 N–H and O–H groups in total. The van der Waals surface area contributed by atoms with E-state index in [4.69, 9.17) is 15.4 Å². The molecule has 0 amide bonds. The first-order valence-corrected chi connectivity index (χ1v) is 4.78. The summed E-state index contributed by atoms with van der Waals surface area (Å²) in [6.07, 6.45) is 1.34. The summed E-state index contributed by atoms with van der Waals surface area (Å²) in [6.45, 7) is 0.383. The monoisotopic (exact) mass is 225 g/mol. The fourth-order valence-electron chi connectivity index (χ4n) is 1.46. The Morgan fingerprint density at radius 1 is 1.31 bits per heavy atom. The minimum atomic E-state index is 0.383.